The second kappa shape index (κ2) is 18.4. The molecule has 0 amide bonds. The molecule has 0 bridgehead atoms. The standard InChI is InChI=1S/2C5H5.CH4O.CH3.Ti/c2*1-2-4-5-3-1;1-2;;/h2*1-3H,4H2;2H,1H3;1H3;/q2*-1;;-1;+3. The Labute approximate surface area is 103 Å². The van der Waals surface area contributed by atoms with Crippen molar-refractivity contribution in [1.29, 1.82) is 0 Å². The van der Waals surface area contributed by atoms with Crippen LogP contribution in [0.3, 0.4) is 0 Å². The molecule has 2 rings (SSSR count). The van der Waals surface area contributed by atoms with Crippen LogP contribution in [0.1, 0.15) is 12.8 Å². The fraction of sp³-hybridized carbons (Fsp3) is 0.250. The summed E-state index contributed by atoms with van der Waals surface area (Å²) >= 11 is 0. The number of aliphatic hydroxyl groups excluding tert-OH is 1. The van der Waals surface area contributed by atoms with E-state index < -0.39 is 0 Å². The van der Waals surface area contributed by atoms with Gasteiger partial charge in [0.2, 0.25) is 0 Å². The van der Waals surface area contributed by atoms with Gasteiger partial charge in [-0.25, -0.2) is 24.3 Å². The summed E-state index contributed by atoms with van der Waals surface area (Å²) in [6.45, 7) is 0. The van der Waals surface area contributed by atoms with Crippen LogP contribution in [0.25, 0.3) is 0 Å². The molecule has 0 spiro atoms. The first-order valence-corrected chi connectivity index (χ1v) is 3.88. The molecule has 2 aliphatic rings. The van der Waals surface area contributed by atoms with E-state index >= 15 is 0 Å². The van der Waals surface area contributed by atoms with Crippen LogP contribution >= 0.6 is 0 Å². The third-order valence-electron chi connectivity index (χ3n) is 1.17. The molecule has 0 aromatic heterocycles. The average molecular weight is 225 g/mol. The van der Waals surface area contributed by atoms with Gasteiger partial charge in [-0.3, -0.25) is 12.2 Å². The van der Waals surface area contributed by atoms with Crippen molar-refractivity contribution < 1.29 is 26.8 Å². The van der Waals surface area contributed by atoms with Gasteiger partial charge in [0.1, 0.15) is 0 Å². The SMILES string of the molecule is CO.[C-]1=CC=CC1.[C-]1=CC=CC1.[CH3-].[Ti+3]. The van der Waals surface area contributed by atoms with Gasteiger partial charge in [-0.05, 0) is 0 Å². The molecule has 0 saturated carbocycles. The van der Waals surface area contributed by atoms with Crippen LogP contribution in [0.5, 0.6) is 0 Å². The van der Waals surface area contributed by atoms with E-state index in [0.29, 0.717) is 0 Å². The van der Waals surface area contributed by atoms with Gasteiger partial charge in [0, 0.05) is 7.11 Å². The Kier molecular flexibility index (Phi) is 25.3. The average Bonchev–Trinajstić information content (AvgIpc) is 2.87. The van der Waals surface area contributed by atoms with E-state index in [2.05, 4.69) is 24.3 Å². The van der Waals surface area contributed by atoms with Crippen LogP contribution in [-0.4, -0.2) is 12.2 Å². The molecular formula is C12H17OTi. The maximum atomic E-state index is 7.00. The minimum atomic E-state index is 0. The number of allylic oxidation sites excluding steroid dienone is 8. The Morgan fingerprint density at radius 3 is 1.36 bits per heavy atom. The minimum Gasteiger partial charge on any atom is -0.400 e. The van der Waals surface area contributed by atoms with Gasteiger partial charge in [0.25, 0.3) is 0 Å². The van der Waals surface area contributed by atoms with Crippen LogP contribution in [-0.2, 0) is 21.7 Å². The maximum absolute atomic E-state index is 7.00. The zero-order valence-electron chi connectivity index (χ0n) is 8.83. The fourth-order valence-corrected chi connectivity index (χ4v) is 0.680. The molecule has 0 aromatic rings. The van der Waals surface area contributed by atoms with E-state index in [4.69, 9.17) is 5.11 Å². The summed E-state index contributed by atoms with van der Waals surface area (Å²) in [4.78, 5) is 0. The van der Waals surface area contributed by atoms with Gasteiger partial charge in [0.15, 0.2) is 0 Å². The van der Waals surface area contributed by atoms with Crippen molar-refractivity contribution in [3.63, 3.8) is 0 Å². The summed E-state index contributed by atoms with van der Waals surface area (Å²) in [5.41, 5.74) is 0. The molecule has 2 aliphatic carbocycles. The van der Waals surface area contributed by atoms with Crippen molar-refractivity contribution in [3.05, 3.63) is 56.0 Å². The van der Waals surface area contributed by atoms with Crippen molar-refractivity contribution in [2.24, 2.45) is 0 Å². The van der Waals surface area contributed by atoms with Crippen molar-refractivity contribution in [2.45, 2.75) is 12.8 Å². The molecule has 2 heteroatoms. The second-order valence-corrected chi connectivity index (χ2v) is 2.01. The van der Waals surface area contributed by atoms with Gasteiger partial charge in [-0.2, -0.15) is 12.2 Å². The van der Waals surface area contributed by atoms with E-state index in [9.17, 15) is 0 Å². The van der Waals surface area contributed by atoms with Crippen LogP contribution in [0.4, 0.5) is 0 Å². The zero-order valence-corrected chi connectivity index (χ0v) is 10.4. The van der Waals surface area contributed by atoms with Crippen LogP contribution in [0, 0.1) is 19.6 Å². The van der Waals surface area contributed by atoms with E-state index in [0.717, 1.165) is 20.0 Å². The fourth-order valence-electron chi connectivity index (χ4n) is 0.680. The van der Waals surface area contributed by atoms with Gasteiger partial charge < -0.3 is 12.5 Å². The zero-order chi connectivity index (χ0) is 9.07. The first-order chi connectivity index (χ1) is 6.00. The summed E-state index contributed by atoms with van der Waals surface area (Å²) in [6, 6.07) is 0. The summed E-state index contributed by atoms with van der Waals surface area (Å²) in [6.07, 6.45) is 20.0. The number of rotatable bonds is 0. The predicted molar refractivity (Wildman–Crippen MR) is 57.7 cm³/mol. The maximum Gasteiger partial charge on any atom is 3.00 e. The van der Waals surface area contributed by atoms with Crippen molar-refractivity contribution in [2.75, 3.05) is 7.11 Å². The Hall–Kier alpha value is -0.366. The molecule has 0 heterocycles. The first-order valence-electron chi connectivity index (χ1n) is 3.88. The summed E-state index contributed by atoms with van der Waals surface area (Å²) in [5, 5.41) is 7.00. The van der Waals surface area contributed by atoms with Gasteiger partial charge >= 0.3 is 21.7 Å². The molecule has 75 valence electrons. The van der Waals surface area contributed by atoms with E-state index in [1.54, 1.807) is 0 Å². The Balaban J connectivity index is -0.000000131. The van der Waals surface area contributed by atoms with E-state index in [1.165, 1.54) is 0 Å². The third kappa shape index (κ3) is 14.2. The van der Waals surface area contributed by atoms with Crippen molar-refractivity contribution in [3.8, 4) is 0 Å². The van der Waals surface area contributed by atoms with Gasteiger partial charge in [-0.1, -0.05) is 0 Å². The smallest absolute Gasteiger partial charge is 0.400 e. The molecule has 1 N–H and O–H groups in total. The number of hydrogen-bond donors (Lipinski definition) is 1. The molecule has 0 atom stereocenters. The molecule has 0 aromatic carbocycles. The molecule has 0 fully saturated rings. The largest absolute Gasteiger partial charge is 3.00 e. The normalized spacial score (nSPS) is 13.0. The molecule has 0 saturated heterocycles. The van der Waals surface area contributed by atoms with Crippen LogP contribution in [0.2, 0.25) is 0 Å². The van der Waals surface area contributed by atoms with Crippen molar-refractivity contribution in [1.82, 2.24) is 0 Å². The number of hydrogen-bond acceptors (Lipinski definition) is 1. The van der Waals surface area contributed by atoms with E-state index in [1.807, 2.05) is 24.3 Å². The minimum absolute atomic E-state index is 0. The monoisotopic (exact) mass is 225 g/mol. The predicted octanol–water partition coefficient (Wildman–Crippen LogP) is 2.67. The Bertz CT molecular complexity index is 148. The molecule has 1 radical (unpaired) electrons. The van der Waals surface area contributed by atoms with Crippen LogP contribution in [0.15, 0.2) is 36.5 Å². The Morgan fingerprint density at radius 1 is 0.929 bits per heavy atom. The molecule has 14 heavy (non-hydrogen) atoms. The van der Waals surface area contributed by atoms with Gasteiger partial charge in [0.05, 0.1) is 0 Å². The second-order valence-electron chi connectivity index (χ2n) is 2.01. The van der Waals surface area contributed by atoms with Crippen molar-refractivity contribution >= 4 is 0 Å². The topological polar surface area (TPSA) is 20.2 Å². The summed E-state index contributed by atoms with van der Waals surface area (Å²) in [7, 11) is 1.00. The molecule has 0 unspecified atom stereocenters. The third-order valence-corrected chi connectivity index (χ3v) is 1.17. The first kappa shape index (κ1) is 19.2. The quantitative estimate of drug-likeness (QED) is 0.496. The van der Waals surface area contributed by atoms with E-state index in [-0.39, 0.29) is 29.1 Å². The summed E-state index contributed by atoms with van der Waals surface area (Å²) < 4.78 is 0. The molecular weight excluding hydrogens is 208 g/mol. The number of aliphatic hydroxyl groups is 1. The summed E-state index contributed by atoms with van der Waals surface area (Å²) in [5.74, 6) is 0. The van der Waals surface area contributed by atoms with Crippen LogP contribution < -0.4 is 0 Å². The Morgan fingerprint density at radius 2 is 1.29 bits per heavy atom. The van der Waals surface area contributed by atoms with Gasteiger partial charge in [-0.15, -0.1) is 12.8 Å². The molecule has 1 nitrogen and oxygen atoms in total. The molecule has 0 aliphatic heterocycles.